The van der Waals surface area contributed by atoms with Crippen LogP contribution in [0.3, 0.4) is 0 Å². The molecule has 1 aromatic heterocycles. The van der Waals surface area contributed by atoms with Gasteiger partial charge in [0, 0.05) is 24.4 Å². The van der Waals surface area contributed by atoms with E-state index in [2.05, 4.69) is 4.98 Å². The van der Waals surface area contributed by atoms with Gasteiger partial charge >= 0.3 is 0 Å². The quantitative estimate of drug-likeness (QED) is 0.524. The van der Waals surface area contributed by atoms with Crippen molar-refractivity contribution >= 4 is 11.6 Å². The van der Waals surface area contributed by atoms with Gasteiger partial charge in [0.1, 0.15) is 5.78 Å². The predicted molar refractivity (Wildman–Crippen MR) is 50.9 cm³/mol. The van der Waals surface area contributed by atoms with Gasteiger partial charge in [-0.3, -0.25) is 14.6 Å². The molecule has 1 fully saturated rings. The Bertz CT molecular complexity index is 359. The van der Waals surface area contributed by atoms with Crippen molar-refractivity contribution in [3.05, 3.63) is 30.1 Å². The van der Waals surface area contributed by atoms with Crippen LogP contribution < -0.4 is 0 Å². The average Bonchev–Trinajstić information content (AvgIpc) is 2.65. The summed E-state index contributed by atoms with van der Waals surface area (Å²) in [5.41, 5.74) is 0.549. The summed E-state index contributed by atoms with van der Waals surface area (Å²) in [7, 11) is 0. The lowest BCUT2D eigenvalue weighted by atomic mass is 9.97. The van der Waals surface area contributed by atoms with Gasteiger partial charge in [-0.1, -0.05) is 0 Å². The molecule has 0 aromatic carbocycles. The van der Waals surface area contributed by atoms with Crippen molar-refractivity contribution in [2.45, 2.75) is 19.3 Å². The molecule has 0 aliphatic heterocycles. The fraction of sp³-hybridized carbons (Fsp3) is 0.364. The number of ketones is 2. The zero-order valence-electron chi connectivity index (χ0n) is 7.77. The molecular formula is C11H11NO2. The molecule has 1 atom stereocenters. The minimum Gasteiger partial charge on any atom is -0.299 e. The highest BCUT2D eigenvalue weighted by Gasteiger charge is 2.31. The topological polar surface area (TPSA) is 47.0 Å². The zero-order chi connectivity index (χ0) is 9.97. The lowest BCUT2D eigenvalue weighted by molar-refractivity contribution is -0.119. The van der Waals surface area contributed by atoms with Crippen molar-refractivity contribution in [1.29, 1.82) is 0 Å². The van der Waals surface area contributed by atoms with Crippen molar-refractivity contribution in [3.63, 3.8) is 0 Å². The van der Waals surface area contributed by atoms with E-state index in [9.17, 15) is 9.59 Å². The number of carbonyl (C=O) groups excluding carboxylic acids is 2. The number of pyridine rings is 1. The average molecular weight is 189 g/mol. The third-order valence-electron chi connectivity index (χ3n) is 2.57. The fourth-order valence-corrected chi connectivity index (χ4v) is 1.80. The van der Waals surface area contributed by atoms with E-state index in [0.717, 1.165) is 6.42 Å². The minimum absolute atomic E-state index is 0.0689. The van der Waals surface area contributed by atoms with E-state index < -0.39 is 5.92 Å². The van der Waals surface area contributed by atoms with Crippen molar-refractivity contribution in [3.8, 4) is 0 Å². The van der Waals surface area contributed by atoms with Crippen molar-refractivity contribution in [2.75, 3.05) is 0 Å². The van der Waals surface area contributed by atoms with Crippen LogP contribution in [0.2, 0.25) is 0 Å². The molecule has 0 N–H and O–H groups in total. The summed E-state index contributed by atoms with van der Waals surface area (Å²) >= 11 is 0. The summed E-state index contributed by atoms with van der Waals surface area (Å²) in [4.78, 5) is 27.0. The van der Waals surface area contributed by atoms with Gasteiger partial charge in [0.15, 0.2) is 5.78 Å². The molecule has 0 bridgehead atoms. The molecule has 1 aromatic rings. The molecule has 1 aliphatic rings. The second-order valence-electron chi connectivity index (χ2n) is 3.52. The molecule has 1 saturated carbocycles. The van der Waals surface area contributed by atoms with Gasteiger partial charge < -0.3 is 0 Å². The highest BCUT2D eigenvalue weighted by molar-refractivity contribution is 6.11. The molecule has 1 heterocycles. The first-order valence-electron chi connectivity index (χ1n) is 4.76. The van der Waals surface area contributed by atoms with E-state index in [-0.39, 0.29) is 11.6 Å². The Hall–Kier alpha value is -1.51. The maximum atomic E-state index is 11.8. The Balaban J connectivity index is 2.20. The Morgan fingerprint density at radius 2 is 2.36 bits per heavy atom. The molecule has 72 valence electrons. The fourth-order valence-electron chi connectivity index (χ4n) is 1.80. The van der Waals surface area contributed by atoms with Gasteiger partial charge in [0.2, 0.25) is 0 Å². The van der Waals surface area contributed by atoms with Gasteiger partial charge in [0.25, 0.3) is 0 Å². The number of nitrogens with zero attached hydrogens (tertiary/aromatic N) is 1. The number of Topliss-reactive ketones (excluding diaryl/α,β-unsaturated/α-hetero) is 2. The third-order valence-corrected chi connectivity index (χ3v) is 2.57. The molecule has 1 aliphatic carbocycles. The van der Waals surface area contributed by atoms with Crippen LogP contribution in [0, 0.1) is 5.92 Å². The first kappa shape index (κ1) is 9.06. The number of rotatable bonds is 2. The van der Waals surface area contributed by atoms with Crippen LogP contribution in [-0.4, -0.2) is 16.6 Å². The Kier molecular flexibility index (Phi) is 2.39. The summed E-state index contributed by atoms with van der Waals surface area (Å²) in [5.74, 6) is -0.390. The van der Waals surface area contributed by atoms with Crippen molar-refractivity contribution in [2.24, 2.45) is 5.92 Å². The number of hydrogen-bond acceptors (Lipinski definition) is 3. The van der Waals surface area contributed by atoms with E-state index >= 15 is 0 Å². The standard InChI is InChI=1S/C11H11NO2/c13-10-5-1-4-9(10)11(14)8-3-2-6-12-7-8/h2-3,6-7,9H,1,4-5H2. The largest absolute Gasteiger partial charge is 0.299 e. The van der Waals surface area contributed by atoms with Gasteiger partial charge in [-0.25, -0.2) is 0 Å². The Morgan fingerprint density at radius 1 is 1.50 bits per heavy atom. The molecule has 0 radical (unpaired) electrons. The minimum atomic E-state index is -0.404. The van der Waals surface area contributed by atoms with E-state index in [1.54, 1.807) is 18.3 Å². The van der Waals surface area contributed by atoms with Crippen LogP contribution in [0.25, 0.3) is 0 Å². The Morgan fingerprint density at radius 3 is 2.93 bits per heavy atom. The first-order chi connectivity index (χ1) is 6.79. The van der Waals surface area contributed by atoms with Crippen LogP contribution in [0.15, 0.2) is 24.5 Å². The lowest BCUT2D eigenvalue weighted by Gasteiger charge is -2.05. The molecule has 0 spiro atoms. The predicted octanol–water partition coefficient (Wildman–Crippen LogP) is 1.63. The zero-order valence-corrected chi connectivity index (χ0v) is 7.77. The second kappa shape index (κ2) is 3.70. The van der Waals surface area contributed by atoms with Crippen LogP contribution in [0.1, 0.15) is 29.6 Å². The smallest absolute Gasteiger partial charge is 0.174 e. The molecule has 3 nitrogen and oxygen atoms in total. The maximum absolute atomic E-state index is 11.8. The van der Waals surface area contributed by atoms with Crippen molar-refractivity contribution in [1.82, 2.24) is 4.98 Å². The van der Waals surface area contributed by atoms with Crippen LogP contribution in [0.5, 0.6) is 0 Å². The summed E-state index contributed by atoms with van der Waals surface area (Å²) in [6.07, 6.45) is 5.24. The van der Waals surface area contributed by atoms with Crippen LogP contribution >= 0.6 is 0 Å². The highest BCUT2D eigenvalue weighted by atomic mass is 16.2. The molecule has 0 saturated heterocycles. The summed E-state index contributed by atoms with van der Waals surface area (Å²) in [5, 5.41) is 0. The third kappa shape index (κ3) is 1.58. The van der Waals surface area contributed by atoms with Gasteiger partial charge in [0.05, 0.1) is 5.92 Å². The van der Waals surface area contributed by atoms with Gasteiger partial charge in [-0.2, -0.15) is 0 Å². The molecule has 0 amide bonds. The normalized spacial score (nSPS) is 21.1. The Labute approximate surface area is 82.2 Å². The molecule has 3 heteroatoms. The monoisotopic (exact) mass is 189 g/mol. The van der Waals surface area contributed by atoms with Gasteiger partial charge in [-0.05, 0) is 25.0 Å². The first-order valence-corrected chi connectivity index (χ1v) is 4.76. The lowest BCUT2D eigenvalue weighted by Crippen LogP contribution is -2.18. The molecule has 2 rings (SSSR count). The van der Waals surface area contributed by atoms with Crippen LogP contribution in [-0.2, 0) is 4.79 Å². The summed E-state index contributed by atoms with van der Waals surface area (Å²) in [6.45, 7) is 0. The number of carbonyl (C=O) groups is 2. The number of aromatic nitrogens is 1. The van der Waals surface area contributed by atoms with E-state index in [4.69, 9.17) is 0 Å². The van der Waals surface area contributed by atoms with E-state index in [0.29, 0.717) is 18.4 Å². The maximum Gasteiger partial charge on any atom is 0.174 e. The van der Waals surface area contributed by atoms with E-state index in [1.165, 1.54) is 6.20 Å². The highest BCUT2D eigenvalue weighted by Crippen LogP contribution is 2.24. The van der Waals surface area contributed by atoms with Crippen molar-refractivity contribution < 1.29 is 9.59 Å². The van der Waals surface area contributed by atoms with Crippen LogP contribution in [0.4, 0.5) is 0 Å². The molecular weight excluding hydrogens is 178 g/mol. The molecule has 14 heavy (non-hydrogen) atoms. The SMILES string of the molecule is O=C1CCCC1C(=O)c1cccnc1. The number of hydrogen-bond donors (Lipinski definition) is 0. The van der Waals surface area contributed by atoms with Gasteiger partial charge in [-0.15, -0.1) is 0 Å². The molecule has 1 unspecified atom stereocenters. The summed E-state index contributed by atoms with van der Waals surface area (Å²) < 4.78 is 0. The van der Waals surface area contributed by atoms with E-state index in [1.807, 2.05) is 0 Å². The second-order valence-corrected chi connectivity index (χ2v) is 3.52. The summed E-state index contributed by atoms with van der Waals surface area (Å²) in [6, 6.07) is 3.42.